The molecule has 1 aromatic carbocycles. The lowest BCUT2D eigenvalue weighted by molar-refractivity contribution is -0.131. The Morgan fingerprint density at radius 2 is 1.90 bits per heavy atom. The molecule has 0 amide bonds. The lowest BCUT2D eigenvalue weighted by Gasteiger charge is -2.11. The van der Waals surface area contributed by atoms with E-state index in [4.69, 9.17) is 5.11 Å². The second-order valence-corrected chi connectivity index (χ2v) is 4.26. The first kappa shape index (κ1) is 13.8. The van der Waals surface area contributed by atoms with Crippen LogP contribution in [0.3, 0.4) is 0 Å². The van der Waals surface area contributed by atoms with Crippen LogP contribution in [-0.2, 0) is 11.3 Å². The van der Waals surface area contributed by atoms with Gasteiger partial charge in [0.15, 0.2) is 0 Å². The summed E-state index contributed by atoms with van der Waals surface area (Å²) in [5.41, 5.74) is 1.96. The maximum absolute atomic E-state index is 12.3. The van der Waals surface area contributed by atoms with Gasteiger partial charge in [0.05, 0.1) is 5.69 Å². The fourth-order valence-electron chi connectivity index (χ4n) is 2.06. The zero-order chi connectivity index (χ0) is 14.5. The molecule has 1 N–H and O–H groups in total. The molecule has 0 atom stereocenters. The second-order valence-electron chi connectivity index (χ2n) is 4.26. The molecule has 0 aliphatic rings. The number of rotatable bonds is 4. The SMILES string of the molecule is CCn1c(-c2ccccc2)ccc(/C=C/C(=O)O)c1=O. The maximum Gasteiger partial charge on any atom is 0.328 e. The van der Waals surface area contributed by atoms with Crippen molar-refractivity contribution in [2.45, 2.75) is 13.5 Å². The topological polar surface area (TPSA) is 59.3 Å². The van der Waals surface area contributed by atoms with Crippen LogP contribution in [0.1, 0.15) is 12.5 Å². The molecule has 0 aliphatic carbocycles. The van der Waals surface area contributed by atoms with Crippen LogP contribution in [0.15, 0.2) is 53.3 Å². The zero-order valence-corrected chi connectivity index (χ0v) is 11.1. The third kappa shape index (κ3) is 2.85. The number of benzene rings is 1. The summed E-state index contributed by atoms with van der Waals surface area (Å²) >= 11 is 0. The molecule has 0 unspecified atom stereocenters. The predicted molar refractivity (Wildman–Crippen MR) is 78.5 cm³/mol. The molecule has 0 radical (unpaired) electrons. The smallest absolute Gasteiger partial charge is 0.328 e. The third-order valence-corrected chi connectivity index (χ3v) is 2.99. The van der Waals surface area contributed by atoms with Crippen molar-refractivity contribution in [3.05, 3.63) is 64.5 Å². The molecule has 0 aliphatic heterocycles. The average molecular weight is 269 g/mol. The number of carboxylic acids is 1. The average Bonchev–Trinajstić information content (AvgIpc) is 2.46. The summed E-state index contributed by atoms with van der Waals surface area (Å²) in [6.07, 6.45) is 2.30. The van der Waals surface area contributed by atoms with E-state index in [0.717, 1.165) is 17.3 Å². The van der Waals surface area contributed by atoms with Gasteiger partial charge in [-0.2, -0.15) is 0 Å². The van der Waals surface area contributed by atoms with Gasteiger partial charge in [-0.3, -0.25) is 4.79 Å². The van der Waals surface area contributed by atoms with Crippen molar-refractivity contribution >= 4 is 12.0 Å². The van der Waals surface area contributed by atoms with E-state index in [1.54, 1.807) is 10.6 Å². The summed E-state index contributed by atoms with van der Waals surface area (Å²) in [4.78, 5) is 22.9. The van der Waals surface area contributed by atoms with E-state index in [0.29, 0.717) is 12.1 Å². The molecule has 0 fully saturated rings. The predicted octanol–water partition coefficient (Wildman–Crippen LogP) is 2.63. The molecule has 0 bridgehead atoms. The van der Waals surface area contributed by atoms with Crippen molar-refractivity contribution < 1.29 is 9.90 Å². The van der Waals surface area contributed by atoms with E-state index in [2.05, 4.69) is 0 Å². The monoisotopic (exact) mass is 269 g/mol. The minimum Gasteiger partial charge on any atom is -0.478 e. The summed E-state index contributed by atoms with van der Waals surface area (Å²) in [5, 5.41) is 8.63. The van der Waals surface area contributed by atoms with Crippen LogP contribution in [0.25, 0.3) is 17.3 Å². The highest BCUT2D eigenvalue weighted by Crippen LogP contribution is 2.18. The van der Waals surface area contributed by atoms with Crippen molar-refractivity contribution in [2.24, 2.45) is 0 Å². The number of hydrogen-bond donors (Lipinski definition) is 1. The minimum absolute atomic E-state index is 0.189. The number of nitrogens with zero attached hydrogens (tertiary/aromatic N) is 1. The molecular weight excluding hydrogens is 254 g/mol. The summed E-state index contributed by atoms with van der Waals surface area (Å²) < 4.78 is 1.64. The van der Waals surface area contributed by atoms with Crippen LogP contribution in [0.4, 0.5) is 0 Å². The Morgan fingerprint density at radius 1 is 1.20 bits per heavy atom. The summed E-state index contributed by atoms with van der Waals surface area (Å²) in [6.45, 7) is 2.41. The van der Waals surface area contributed by atoms with Crippen molar-refractivity contribution in [1.29, 1.82) is 0 Å². The van der Waals surface area contributed by atoms with Crippen LogP contribution in [0.5, 0.6) is 0 Å². The molecule has 1 aromatic heterocycles. The van der Waals surface area contributed by atoms with E-state index >= 15 is 0 Å². The molecule has 0 saturated carbocycles. The van der Waals surface area contributed by atoms with Crippen LogP contribution in [0, 0.1) is 0 Å². The normalized spacial score (nSPS) is 10.8. The van der Waals surface area contributed by atoms with Crippen LogP contribution in [-0.4, -0.2) is 15.6 Å². The van der Waals surface area contributed by atoms with E-state index in [1.165, 1.54) is 6.08 Å². The van der Waals surface area contributed by atoms with Crippen LogP contribution in [0.2, 0.25) is 0 Å². The number of hydrogen-bond acceptors (Lipinski definition) is 2. The second kappa shape index (κ2) is 6.02. The van der Waals surface area contributed by atoms with E-state index in [-0.39, 0.29) is 5.56 Å². The summed E-state index contributed by atoms with van der Waals surface area (Å²) in [6, 6.07) is 13.1. The first-order chi connectivity index (χ1) is 9.63. The van der Waals surface area contributed by atoms with Crippen molar-refractivity contribution in [1.82, 2.24) is 4.57 Å². The van der Waals surface area contributed by atoms with Gasteiger partial charge in [-0.25, -0.2) is 4.79 Å². The number of pyridine rings is 1. The van der Waals surface area contributed by atoms with Crippen LogP contribution >= 0.6 is 0 Å². The van der Waals surface area contributed by atoms with Crippen LogP contribution < -0.4 is 5.56 Å². The molecule has 4 heteroatoms. The molecule has 2 rings (SSSR count). The molecule has 102 valence electrons. The third-order valence-electron chi connectivity index (χ3n) is 2.99. The van der Waals surface area contributed by atoms with Gasteiger partial charge in [0, 0.05) is 18.2 Å². The highest BCUT2D eigenvalue weighted by Gasteiger charge is 2.07. The Morgan fingerprint density at radius 3 is 2.50 bits per heavy atom. The van der Waals surface area contributed by atoms with Crippen molar-refractivity contribution in [3.8, 4) is 11.3 Å². The van der Waals surface area contributed by atoms with Gasteiger partial charge in [0.2, 0.25) is 0 Å². The van der Waals surface area contributed by atoms with Gasteiger partial charge >= 0.3 is 5.97 Å². The largest absolute Gasteiger partial charge is 0.478 e. The molecular formula is C16H15NO3. The van der Waals surface area contributed by atoms with E-state index in [1.807, 2.05) is 43.3 Å². The number of aromatic nitrogens is 1. The molecule has 1 heterocycles. The number of carbonyl (C=O) groups is 1. The molecule has 0 saturated heterocycles. The van der Waals surface area contributed by atoms with E-state index < -0.39 is 5.97 Å². The van der Waals surface area contributed by atoms with Gasteiger partial charge in [-0.05, 0) is 30.7 Å². The highest BCUT2D eigenvalue weighted by atomic mass is 16.4. The van der Waals surface area contributed by atoms with Gasteiger partial charge in [-0.1, -0.05) is 30.3 Å². The fourth-order valence-corrected chi connectivity index (χ4v) is 2.06. The van der Waals surface area contributed by atoms with Gasteiger partial charge in [0.25, 0.3) is 5.56 Å². The van der Waals surface area contributed by atoms with Crippen molar-refractivity contribution in [3.63, 3.8) is 0 Å². The number of carboxylic acid groups (broad SMARTS) is 1. The Hall–Kier alpha value is -2.62. The van der Waals surface area contributed by atoms with E-state index in [9.17, 15) is 9.59 Å². The quantitative estimate of drug-likeness (QED) is 0.868. The summed E-state index contributed by atoms with van der Waals surface area (Å²) in [7, 11) is 0. The van der Waals surface area contributed by atoms with Crippen molar-refractivity contribution in [2.75, 3.05) is 0 Å². The Balaban J connectivity index is 2.55. The number of aliphatic carboxylic acids is 1. The highest BCUT2D eigenvalue weighted by molar-refractivity contribution is 5.85. The lowest BCUT2D eigenvalue weighted by Crippen LogP contribution is -2.22. The van der Waals surface area contributed by atoms with Gasteiger partial charge in [0.1, 0.15) is 0 Å². The standard InChI is InChI=1S/C16H15NO3/c1-2-17-14(12-6-4-3-5-7-12)10-8-13(16(17)20)9-11-15(18)19/h3-11H,2H2,1H3,(H,18,19)/b11-9+. The van der Waals surface area contributed by atoms with Gasteiger partial charge in [-0.15, -0.1) is 0 Å². The Labute approximate surface area is 116 Å². The fraction of sp³-hybridized carbons (Fsp3) is 0.125. The maximum atomic E-state index is 12.3. The zero-order valence-electron chi connectivity index (χ0n) is 11.1. The van der Waals surface area contributed by atoms with Gasteiger partial charge < -0.3 is 9.67 Å². The molecule has 2 aromatic rings. The first-order valence-corrected chi connectivity index (χ1v) is 6.33. The molecule has 0 spiro atoms. The Bertz CT molecular complexity index is 699. The molecule has 4 nitrogen and oxygen atoms in total. The summed E-state index contributed by atoms with van der Waals surface area (Å²) in [5.74, 6) is -1.07. The lowest BCUT2D eigenvalue weighted by atomic mass is 10.1. The minimum atomic E-state index is -1.07. The molecule has 20 heavy (non-hydrogen) atoms. The Kier molecular flexibility index (Phi) is 4.15. The first-order valence-electron chi connectivity index (χ1n) is 6.33.